The molecule has 0 spiro atoms. The molecule has 0 fully saturated rings. The summed E-state index contributed by atoms with van der Waals surface area (Å²) in [5.41, 5.74) is 0.774. The van der Waals surface area contributed by atoms with E-state index in [-0.39, 0.29) is 19.0 Å². The Bertz CT molecular complexity index is 811. The van der Waals surface area contributed by atoms with Crippen LogP contribution in [0.1, 0.15) is 10.4 Å². The summed E-state index contributed by atoms with van der Waals surface area (Å²) in [6.07, 6.45) is 3.16. The van der Waals surface area contributed by atoms with Gasteiger partial charge in [0.15, 0.2) is 0 Å². The second-order valence-corrected chi connectivity index (χ2v) is 7.96. The molecular formula is C19H20BrNO5S. The first-order valence-electron chi connectivity index (χ1n) is 7.96. The van der Waals surface area contributed by atoms with Crippen molar-refractivity contribution in [3.8, 4) is 11.5 Å². The molecule has 0 N–H and O–H groups in total. The molecule has 0 atom stereocenters. The quantitative estimate of drug-likeness (QED) is 0.449. The number of ether oxygens (including phenoxy) is 3. The standard InChI is InChI=1S/C19H20BrNO5S/c1-24-14-8-13(9-15(10-14)25-2)11-21(12-19(23)26-3)18(22)7-5-16-4-6-17(20)27-16/h4-10H,11-12H2,1-3H3/b7-5+. The summed E-state index contributed by atoms with van der Waals surface area (Å²) in [7, 11) is 4.40. The van der Waals surface area contributed by atoms with Crippen molar-refractivity contribution in [2.75, 3.05) is 27.9 Å². The van der Waals surface area contributed by atoms with Gasteiger partial charge in [0.05, 0.1) is 25.1 Å². The van der Waals surface area contributed by atoms with E-state index in [1.54, 1.807) is 38.5 Å². The molecule has 0 bridgehead atoms. The third kappa shape index (κ3) is 6.41. The van der Waals surface area contributed by atoms with Gasteiger partial charge in [0, 0.05) is 23.6 Å². The van der Waals surface area contributed by atoms with E-state index in [4.69, 9.17) is 14.2 Å². The number of esters is 1. The third-order valence-corrected chi connectivity index (χ3v) is 5.22. The molecule has 2 rings (SSSR count). The number of nitrogens with zero attached hydrogens (tertiary/aromatic N) is 1. The Morgan fingerprint density at radius 2 is 1.78 bits per heavy atom. The molecular weight excluding hydrogens is 434 g/mol. The molecule has 0 unspecified atom stereocenters. The molecule has 0 saturated heterocycles. The summed E-state index contributed by atoms with van der Waals surface area (Å²) in [4.78, 5) is 26.7. The first kappa shape index (κ1) is 21.0. The van der Waals surface area contributed by atoms with Crippen LogP contribution in [0, 0.1) is 0 Å². The average molecular weight is 454 g/mol. The molecule has 1 aromatic carbocycles. The van der Waals surface area contributed by atoms with Crippen LogP contribution in [0.2, 0.25) is 0 Å². The number of halogens is 1. The second kappa shape index (κ2) is 10.1. The maximum Gasteiger partial charge on any atom is 0.325 e. The SMILES string of the molecule is COC(=O)CN(Cc1cc(OC)cc(OC)c1)C(=O)/C=C/c1ccc(Br)s1. The number of amides is 1. The second-order valence-electron chi connectivity index (χ2n) is 5.47. The first-order chi connectivity index (χ1) is 12.9. The van der Waals surface area contributed by atoms with E-state index in [1.165, 1.54) is 29.4 Å². The Kier molecular flexibility index (Phi) is 7.87. The van der Waals surface area contributed by atoms with Gasteiger partial charge >= 0.3 is 5.97 Å². The zero-order chi connectivity index (χ0) is 19.8. The van der Waals surface area contributed by atoms with E-state index < -0.39 is 5.97 Å². The lowest BCUT2D eigenvalue weighted by molar-refractivity contribution is -0.145. The van der Waals surface area contributed by atoms with Crippen LogP contribution in [0.25, 0.3) is 6.08 Å². The van der Waals surface area contributed by atoms with Crippen LogP contribution in [0.15, 0.2) is 40.2 Å². The Morgan fingerprint density at radius 1 is 1.11 bits per heavy atom. The first-order valence-corrected chi connectivity index (χ1v) is 9.57. The van der Waals surface area contributed by atoms with Crippen molar-refractivity contribution >= 4 is 45.2 Å². The number of hydrogen-bond acceptors (Lipinski definition) is 6. The fourth-order valence-corrected chi connectivity index (χ4v) is 3.61. The minimum Gasteiger partial charge on any atom is -0.497 e. The molecule has 144 valence electrons. The number of thiophene rings is 1. The number of carbonyl (C=O) groups excluding carboxylic acids is 2. The molecule has 2 aromatic rings. The Hall–Kier alpha value is -2.32. The van der Waals surface area contributed by atoms with Crippen molar-refractivity contribution < 1.29 is 23.8 Å². The largest absolute Gasteiger partial charge is 0.497 e. The Labute approximate surface area is 170 Å². The zero-order valence-electron chi connectivity index (χ0n) is 15.2. The van der Waals surface area contributed by atoms with E-state index in [0.29, 0.717) is 11.5 Å². The van der Waals surface area contributed by atoms with Gasteiger partial charge in [-0.15, -0.1) is 11.3 Å². The predicted molar refractivity (Wildman–Crippen MR) is 108 cm³/mol. The summed E-state index contributed by atoms with van der Waals surface area (Å²) in [6.45, 7) is 0.0489. The van der Waals surface area contributed by atoms with E-state index in [1.807, 2.05) is 12.1 Å². The molecule has 6 nitrogen and oxygen atoms in total. The maximum absolute atomic E-state index is 12.6. The van der Waals surface area contributed by atoms with Gasteiger partial charge in [-0.3, -0.25) is 9.59 Å². The van der Waals surface area contributed by atoms with Crippen LogP contribution < -0.4 is 9.47 Å². The van der Waals surface area contributed by atoms with Crippen molar-refractivity contribution in [3.63, 3.8) is 0 Å². The van der Waals surface area contributed by atoms with E-state index in [2.05, 4.69) is 15.9 Å². The van der Waals surface area contributed by atoms with Crippen molar-refractivity contribution in [1.29, 1.82) is 0 Å². The summed E-state index contributed by atoms with van der Waals surface area (Å²) in [5, 5.41) is 0. The minimum atomic E-state index is -0.495. The topological polar surface area (TPSA) is 65.1 Å². The van der Waals surface area contributed by atoms with Crippen LogP contribution >= 0.6 is 27.3 Å². The van der Waals surface area contributed by atoms with Crippen molar-refractivity contribution in [3.05, 3.63) is 50.6 Å². The summed E-state index contributed by atoms with van der Waals surface area (Å²) < 4.78 is 16.2. The molecule has 27 heavy (non-hydrogen) atoms. The van der Waals surface area contributed by atoms with Gasteiger partial charge < -0.3 is 19.1 Å². The smallest absolute Gasteiger partial charge is 0.325 e. The number of benzene rings is 1. The van der Waals surface area contributed by atoms with Gasteiger partial charge in [-0.05, 0) is 51.8 Å². The molecule has 0 aliphatic rings. The highest BCUT2D eigenvalue weighted by Crippen LogP contribution is 2.24. The predicted octanol–water partition coefficient (Wildman–Crippen LogP) is 3.74. The van der Waals surface area contributed by atoms with Crippen LogP contribution in [-0.4, -0.2) is 44.7 Å². The summed E-state index contributed by atoms with van der Waals surface area (Å²) in [5.74, 6) is 0.416. The highest BCUT2D eigenvalue weighted by atomic mass is 79.9. The number of carbonyl (C=O) groups is 2. The highest BCUT2D eigenvalue weighted by Gasteiger charge is 2.17. The van der Waals surface area contributed by atoms with Gasteiger partial charge in [-0.1, -0.05) is 0 Å². The molecule has 1 aromatic heterocycles. The molecule has 0 radical (unpaired) electrons. The van der Waals surface area contributed by atoms with Crippen molar-refractivity contribution in [1.82, 2.24) is 4.90 Å². The molecule has 1 amide bonds. The molecule has 1 heterocycles. The summed E-state index contributed by atoms with van der Waals surface area (Å²) >= 11 is 4.89. The fourth-order valence-electron chi connectivity index (χ4n) is 2.29. The molecule has 8 heteroatoms. The minimum absolute atomic E-state index is 0.159. The van der Waals surface area contributed by atoms with Gasteiger partial charge in [0.25, 0.3) is 0 Å². The van der Waals surface area contributed by atoms with Gasteiger partial charge in [-0.25, -0.2) is 0 Å². The van der Waals surface area contributed by atoms with Crippen LogP contribution in [0.3, 0.4) is 0 Å². The van der Waals surface area contributed by atoms with Gasteiger partial charge in [0.2, 0.25) is 5.91 Å². The molecule has 0 aliphatic carbocycles. The highest BCUT2D eigenvalue weighted by molar-refractivity contribution is 9.11. The monoisotopic (exact) mass is 453 g/mol. The molecule has 0 aliphatic heterocycles. The zero-order valence-corrected chi connectivity index (χ0v) is 17.6. The lowest BCUT2D eigenvalue weighted by Gasteiger charge is -2.20. The molecule has 0 saturated carbocycles. The number of hydrogen-bond donors (Lipinski definition) is 0. The van der Waals surface area contributed by atoms with Crippen molar-refractivity contribution in [2.45, 2.75) is 6.54 Å². The van der Waals surface area contributed by atoms with Gasteiger partial charge in [0.1, 0.15) is 18.0 Å². The summed E-state index contributed by atoms with van der Waals surface area (Å²) in [6, 6.07) is 9.13. The van der Waals surface area contributed by atoms with Crippen molar-refractivity contribution in [2.24, 2.45) is 0 Å². The Balaban J connectivity index is 2.22. The lowest BCUT2D eigenvalue weighted by atomic mass is 10.1. The average Bonchev–Trinajstić information content (AvgIpc) is 3.10. The lowest BCUT2D eigenvalue weighted by Crippen LogP contribution is -2.34. The van der Waals surface area contributed by atoms with E-state index in [9.17, 15) is 9.59 Å². The van der Waals surface area contributed by atoms with Crippen LogP contribution in [0.4, 0.5) is 0 Å². The van der Waals surface area contributed by atoms with Crippen LogP contribution in [-0.2, 0) is 20.9 Å². The normalized spacial score (nSPS) is 10.7. The van der Waals surface area contributed by atoms with E-state index in [0.717, 1.165) is 14.2 Å². The third-order valence-electron chi connectivity index (χ3n) is 3.63. The fraction of sp³-hybridized carbons (Fsp3) is 0.263. The number of rotatable bonds is 8. The van der Waals surface area contributed by atoms with Crippen LogP contribution in [0.5, 0.6) is 11.5 Å². The maximum atomic E-state index is 12.6. The van der Waals surface area contributed by atoms with Gasteiger partial charge in [-0.2, -0.15) is 0 Å². The Morgan fingerprint density at radius 3 is 2.30 bits per heavy atom. The number of methoxy groups -OCH3 is 3. The van der Waals surface area contributed by atoms with E-state index >= 15 is 0 Å².